The Bertz CT molecular complexity index is 1100. The molecular weight excluding hydrogens is 381 g/mol. The van der Waals surface area contributed by atoms with Crippen LogP contribution in [0, 0.1) is 0 Å². The first-order valence-corrected chi connectivity index (χ1v) is 9.14. The molecule has 0 saturated heterocycles. The molecule has 4 rings (SSSR count). The number of benzene rings is 2. The third kappa shape index (κ3) is 3.54. The lowest BCUT2D eigenvalue weighted by Crippen LogP contribution is -2.19. The number of halogens is 2. The van der Waals surface area contributed by atoms with E-state index in [2.05, 4.69) is 15.3 Å². The van der Waals surface area contributed by atoms with Crippen LogP contribution < -0.4 is 10.3 Å². The molecule has 4 nitrogen and oxygen atoms in total. The molecule has 3 N–H and O–H groups in total. The van der Waals surface area contributed by atoms with Crippen LogP contribution in [-0.4, -0.2) is 10.1 Å². The van der Waals surface area contributed by atoms with E-state index in [1.165, 1.54) is 0 Å². The van der Waals surface area contributed by atoms with Crippen molar-refractivity contribution in [3.05, 3.63) is 94.2 Å². The van der Waals surface area contributed by atoms with Gasteiger partial charge in [-0.15, -0.1) is 0 Å². The van der Waals surface area contributed by atoms with Gasteiger partial charge >= 0.3 is 0 Å². The predicted molar refractivity (Wildman–Crippen MR) is 108 cm³/mol. The molecule has 0 aliphatic heterocycles. The number of hydrogen-bond donors (Lipinski definition) is 2. The number of aromatic nitrogens is 2. The number of nitrogens with one attached hydrogen (secondary N) is 2. The van der Waals surface area contributed by atoms with E-state index in [4.69, 9.17) is 23.2 Å². The van der Waals surface area contributed by atoms with Gasteiger partial charge < -0.3 is 5.11 Å². The van der Waals surface area contributed by atoms with Gasteiger partial charge in [0.05, 0.1) is 16.2 Å². The quantitative estimate of drug-likeness (QED) is 0.494. The second kappa shape index (κ2) is 7.43. The van der Waals surface area contributed by atoms with Gasteiger partial charge in [0.1, 0.15) is 17.3 Å². The van der Waals surface area contributed by atoms with Gasteiger partial charge in [0.15, 0.2) is 0 Å². The third-order valence-electron chi connectivity index (χ3n) is 4.38. The number of H-pyrrole nitrogens is 1. The molecular formula is C21H16Cl2N3O+. The summed E-state index contributed by atoms with van der Waals surface area (Å²) in [5.41, 5.74) is 2.11. The summed E-state index contributed by atoms with van der Waals surface area (Å²) in [5, 5.41) is 16.1. The Morgan fingerprint density at radius 3 is 2.63 bits per heavy atom. The molecule has 0 radical (unpaired) electrons. The van der Waals surface area contributed by atoms with Crippen LogP contribution in [0.3, 0.4) is 0 Å². The molecule has 0 aliphatic rings. The van der Waals surface area contributed by atoms with Crippen molar-refractivity contribution in [3.63, 3.8) is 0 Å². The Kier molecular flexibility index (Phi) is 4.84. The molecule has 0 spiro atoms. The normalized spacial score (nSPS) is 12.1. The number of nitrogens with zero attached hydrogens (tertiary/aromatic N) is 1. The molecule has 134 valence electrons. The number of rotatable bonds is 4. The lowest BCUT2D eigenvalue weighted by Gasteiger charge is -2.18. The first-order chi connectivity index (χ1) is 13.1. The van der Waals surface area contributed by atoms with Gasteiger partial charge in [-0.05, 0) is 30.3 Å². The molecule has 2 heterocycles. The predicted octanol–water partition coefficient (Wildman–Crippen LogP) is 5.26. The Morgan fingerprint density at radius 2 is 1.85 bits per heavy atom. The largest absolute Gasteiger partial charge is 0.505 e. The summed E-state index contributed by atoms with van der Waals surface area (Å²) < 4.78 is 0. The molecule has 2 aromatic carbocycles. The fourth-order valence-electron chi connectivity index (χ4n) is 3.05. The van der Waals surface area contributed by atoms with E-state index >= 15 is 0 Å². The van der Waals surface area contributed by atoms with Gasteiger partial charge in [0.25, 0.3) is 5.82 Å². The highest BCUT2D eigenvalue weighted by molar-refractivity contribution is 6.42. The van der Waals surface area contributed by atoms with Gasteiger partial charge in [-0.25, -0.2) is 4.98 Å². The summed E-state index contributed by atoms with van der Waals surface area (Å²) in [6, 6.07) is 18.4. The summed E-state index contributed by atoms with van der Waals surface area (Å²) in [6.07, 6.45) is 3.49. The zero-order valence-electron chi connectivity index (χ0n) is 14.2. The first kappa shape index (κ1) is 17.6. The Labute approximate surface area is 166 Å². The minimum Gasteiger partial charge on any atom is -0.505 e. The number of anilines is 1. The van der Waals surface area contributed by atoms with E-state index in [1.807, 2.05) is 54.7 Å². The topological polar surface area (TPSA) is 59.3 Å². The summed E-state index contributed by atoms with van der Waals surface area (Å²) in [6.45, 7) is 0. The van der Waals surface area contributed by atoms with Crippen molar-refractivity contribution in [2.75, 3.05) is 5.32 Å². The van der Waals surface area contributed by atoms with E-state index in [9.17, 15) is 5.11 Å². The maximum Gasteiger partial charge on any atom is 0.272 e. The van der Waals surface area contributed by atoms with Crippen LogP contribution in [0.4, 0.5) is 5.82 Å². The molecule has 4 aromatic rings. The minimum absolute atomic E-state index is 0.132. The van der Waals surface area contributed by atoms with Gasteiger partial charge in [-0.1, -0.05) is 47.5 Å². The number of fused-ring (bicyclic) bond motifs is 1. The highest BCUT2D eigenvalue weighted by Gasteiger charge is 2.24. The van der Waals surface area contributed by atoms with Crippen molar-refractivity contribution in [3.8, 4) is 5.75 Å². The van der Waals surface area contributed by atoms with Crippen molar-refractivity contribution < 1.29 is 10.1 Å². The first-order valence-electron chi connectivity index (χ1n) is 8.38. The Hall–Kier alpha value is -2.82. The number of phenols is 1. The average molecular weight is 397 g/mol. The molecule has 0 amide bonds. The smallest absolute Gasteiger partial charge is 0.272 e. The molecule has 0 aliphatic carbocycles. The van der Waals surface area contributed by atoms with E-state index in [0.29, 0.717) is 21.1 Å². The number of pyridine rings is 2. The highest BCUT2D eigenvalue weighted by Crippen LogP contribution is 2.37. The summed E-state index contributed by atoms with van der Waals surface area (Å²) in [4.78, 5) is 7.48. The molecule has 0 unspecified atom stereocenters. The molecule has 0 fully saturated rings. The summed E-state index contributed by atoms with van der Waals surface area (Å²) in [7, 11) is 0. The van der Waals surface area contributed by atoms with E-state index in [1.54, 1.807) is 18.3 Å². The molecule has 0 saturated carbocycles. The van der Waals surface area contributed by atoms with Gasteiger partial charge in [0.2, 0.25) is 0 Å². The van der Waals surface area contributed by atoms with E-state index in [-0.39, 0.29) is 11.8 Å². The van der Waals surface area contributed by atoms with Crippen LogP contribution in [0.15, 0.2) is 73.1 Å². The van der Waals surface area contributed by atoms with Crippen molar-refractivity contribution in [1.82, 2.24) is 4.98 Å². The standard InChI is InChI=1S/C21H15Cl2N3O/c22-16-9-7-14(12-17(16)23)19(26-18-5-1-2-10-24-18)15-8-6-13-4-3-11-25-20(13)21(15)27/h1-12,19,27H,(H,24,26)/p+1/t19-/m1/s1. The summed E-state index contributed by atoms with van der Waals surface area (Å²) in [5.74, 6) is 0.932. The fraction of sp³-hybridized carbons (Fsp3) is 0.0476. The van der Waals surface area contributed by atoms with E-state index in [0.717, 1.165) is 16.8 Å². The van der Waals surface area contributed by atoms with Crippen LogP contribution in [0.25, 0.3) is 10.9 Å². The van der Waals surface area contributed by atoms with Crippen LogP contribution in [0.2, 0.25) is 10.0 Å². The SMILES string of the molecule is Oc1c([C@H](Nc2cccc[nH+]2)c2ccc(Cl)c(Cl)c2)ccc2cccnc12. The van der Waals surface area contributed by atoms with Crippen LogP contribution in [0.1, 0.15) is 17.2 Å². The second-order valence-corrected chi connectivity index (χ2v) is 6.92. The molecule has 27 heavy (non-hydrogen) atoms. The zero-order chi connectivity index (χ0) is 18.8. The average Bonchev–Trinajstić information content (AvgIpc) is 2.70. The van der Waals surface area contributed by atoms with Crippen LogP contribution >= 0.6 is 23.2 Å². The van der Waals surface area contributed by atoms with Crippen molar-refractivity contribution in [1.29, 1.82) is 0 Å². The van der Waals surface area contributed by atoms with Crippen LogP contribution in [0.5, 0.6) is 5.75 Å². The van der Waals surface area contributed by atoms with Crippen molar-refractivity contribution in [2.45, 2.75) is 6.04 Å². The Balaban J connectivity index is 1.87. The fourth-order valence-corrected chi connectivity index (χ4v) is 3.36. The number of phenolic OH excluding ortho intramolecular Hbond substituents is 1. The van der Waals surface area contributed by atoms with Crippen LogP contribution in [-0.2, 0) is 0 Å². The third-order valence-corrected chi connectivity index (χ3v) is 5.12. The van der Waals surface area contributed by atoms with Crippen molar-refractivity contribution >= 4 is 39.9 Å². The van der Waals surface area contributed by atoms with Gasteiger partial charge in [-0.2, -0.15) is 0 Å². The number of hydrogen-bond acceptors (Lipinski definition) is 3. The minimum atomic E-state index is -0.357. The number of aromatic hydroxyl groups is 1. The molecule has 2 aromatic heterocycles. The molecule has 0 bridgehead atoms. The van der Waals surface area contributed by atoms with Crippen molar-refractivity contribution in [2.24, 2.45) is 0 Å². The molecule has 1 atom stereocenters. The summed E-state index contributed by atoms with van der Waals surface area (Å²) >= 11 is 12.3. The second-order valence-electron chi connectivity index (χ2n) is 6.11. The monoisotopic (exact) mass is 396 g/mol. The lowest BCUT2D eigenvalue weighted by molar-refractivity contribution is -0.361. The maximum atomic E-state index is 10.9. The van der Waals surface area contributed by atoms with E-state index < -0.39 is 0 Å². The van der Waals surface area contributed by atoms with Gasteiger partial charge in [0, 0.05) is 28.8 Å². The Morgan fingerprint density at radius 1 is 0.963 bits per heavy atom. The highest BCUT2D eigenvalue weighted by atomic mass is 35.5. The van der Waals surface area contributed by atoms with Gasteiger partial charge in [-0.3, -0.25) is 10.3 Å². The molecule has 6 heteroatoms. The number of aromatic amines is 1. The zero-order valence-corrected chi connectivity index (χ0v) is 15.7. The maximum absolute atomic E-state index is 10.9. The lowest BCUT2D eigenvalue weighted by atomic mass is 9.96.